The molecule has 5 nitrogen and oxygen atoms in total. The van der Waals surface area contributed by atoms with Crippen LogP contribution in [0.1, 0.15) is 29.4 Å². The lowest BCUT2D eigenvalue weighted by Crippen LogP contribution is -2.37. The van der Waals surface area contributed by atoms with E-state index < -0.39 is 0 Å². The molecule has 0 bridgehead atoms. The predicted molar refractivity (Wildman–Crippen MR) is 77.2 cm³/mol. The standard InChI is InChI=1S/C13H21N3O2S/c1-10-12(11(2)17)13(19-15-10)14-4-3-5-16-6-8-18-9-7-16/h14H,3-9H2,1-2H3. The van der Waals surface area contributed by atoms with Crippen LogP contribution in [0.4, 0.5) is 5.00 Å². The van der Waals surface area contributed by atoms with E-state index in [2.05, 4.69) is 14.6 Å². The first-order chi connectivity index (χ1) is 9.18. The molecule has 0 saturated carbocycles. The fraction of sp³-hybridized carbons (Fsp3) is 0.692. The summed E-state index contributed by atoms with van der Waals surface area (Å²) in [6.07, 6.45) is 1.06. The van der Waals surface area contributed by atoms with Gasteiger partial charge in [0, 0.05) is 19.6 Å². The predicted octanol–water partition coefficient (Wildman–Crippen LogP) is 1.79. The van der Waals surface area contributed by atoms with E-state index >= 15 is 0 Å². The molecule has 1 N–H and O–H groups in total. The summed E-state index contributed by atoms with van der Waals surface area (Å²) in [5.41, 5.74) is 1.57. The Bertz CT molecular complexity index is 428. The summed E-state index contributed by atoms with van der Waals surface area (Å²) < 4.78 is 9.56. The lowest BCUT2D eigenvalue weighted by atomic mass is 10.2. The number of rotatable bonds is 6. The summed E-state index contributed by atoms with van der Waals surface area (Å²) in [6, 6.07) is 0. The van der Waals surface area contributed by atoms with E-state index in [1.807, 2.05) is 6.92 Å². The molecule has 0 spiro atoms. The molecule has 1 aliphatic heterocycles. The first kappa shape index (κ1) is 14.4. The molecule has 0 amide bonds. The molecule has 0 aromatic carbocycles. The Labute approximate surface area is 118 Å². The smallest absolute Gasteiger partial charge is 0.164 e. The van der Waals surface area contributed by atoms with Gasteiger partial charge in [0.05, 0.1) is 24.5 Å². The van der Waals surface area contributed by atoms with Crippen molar-refractivity contribution in [3.05, 3.63) is 11.3 Å². The van der Waals surface area contributed by atoms with Gasteiger partial charge in [-0.3, -0.25) is 9.69 Å². The third-order valence-corrected chi connectivity index (χ3v) is 4.15. The van der Waals surface area contributed by atoms with E-state index in [9.17, 15) is 4.79 Å². The van der Waals surface area contributed by atoms with Crippen LogP contribution in [0.25, 0.3) is 0 Å². The second-order valence-corrected chi connectivity index (χ2v) is 5.54. The van der Waals surface area contributed by atoms with Crippen LogP contribution in [-0.2, 0) is 4.74 Å². The third kappa shape index (κ3) is 3.99. The third-order valence-electron chi connectivity index (χ3n) is 3.26. The number of hydrogen-bond donors (Lipinski definition) is 1. The fourth-order valence-electron chi connectivity index (χ4n) is 2.23. The molecule has 0 unspecified atom stereocenters. The molecule has 0 atom stereocenters. The SMILES string of the molecule is CC(=O)c1c(C)nsc1NCCCN1CCOCC1. The van der Waals surface area contributed by atoms with Crippen molar-refractivity contribution in [1.82, 2.24) is 9.27 Å². The van der Waals surface area contributed by atoms with Crippen LogP contribution in [0.15, 0.2) is 0 Å². The Morgan fingerprint density at radius 1 is 1.47 bits per heavy atom. The van der Waals surface area contributed by atoms with E-state index in [4.69, 9.17) is 4.74 Å². The molecule has 106 valence electrons. The maximum absolute atomic E-state index is 11.5. The Morgan fingerprint density at radius 2 is 2.21 bits per heavy atom. The minimum Gasteiger partial charge on any atom is -0.379 e. The second kappa shape index (κ2) is 6.98. The van der Waals surface area contributed by atoms with Gasteiger partial charge >= 0.3 is 0 Å². The van der Waals surface area contributed by atoms with Gasteiger partial charge in [-0.15, -0.1) is 0 Å². The number of nitrogens with zero attached hydrogens (tertiary/aromatic N) is 2. The minimum absolute atomic E-state index is 0.0851. The zero-order valence-electron chi connectivity index (χ0n) is 11.6. The van der Waals surface area contributed by atoms with Gasteiger partial charge in [0.15, 0.2) is 5.78 Å². The van der Waals surface area contributed by atoms with Crippen molar-refractivity contribution in [2.24, 2.45) is 0 Å². The molecule has 1 aliphatic rings. The maximum Gasteiger partial charge on any atom is 0.164 e. The Hall–Kier alpha value is -0.980. The quantitative estimate of drug-likeness (QED) is 0.637. The van der Waals surface area contributed by atoms with E-state index in [1.165, 1.54) is 11.5 Å². The highest BCUT2D eigenvalue weighted by molar-refractivity contribution is 7.10. The molecule has 19 heavy (non-hydrogen) atoms. The van der Waals surface area contributed by atoms with Gasteiger partial charge in [-0.2, -0.15) is 4.37 Å². The average molecular weight is 283 g/mol. The van der Waals surface area contributed by atoms with Crippen LogP contribution in [0.5, 0.6) is 0 Å². The molecular formula is C13H21N3O2S. The van der Waals surface area contributed by atoms with Crippen molar-refractivity contribution in [3.8, 4) is 0 Å². The van der Waals surface area contributed by atoms with Crippen LogP contribution >= 0.6 is 11.5 Å². The average Bonchev–Trinajstić information content (AvgIpc) is 2.77. The summed E-state index contributed by atoms with van der Waals surface area (Å²) in [7, 11) is 0. The van der Waals surface area contributed by atoms with E-state index in [-0.39, 0.29) is 5.78 Å². The van der Waals surface area contributed by atoms with Gasteiger partial charge in [0.2, 0.25) is 0 Å². The summed E-state index contributed by atoms with van der Waals surface area (Å²) in [6.45, 7) is 9.16. The number of morpholine rings is 1. The van der Waals surface area contributed by atoms with E-state index in [1.54, 1.807) is 6.92 Å². The molecule has 6 heteroatoms. The molecule has 2 heterocycles. The summed E-state index contributed by atoms with van der Waals surface area (Å²) in [4.78, 5) is 13.9. The van der Waals surface area contributed by atoms with Crippen molar-refractivity contribution in [3.63, 3.8) is 0 Å². The lowest BCUT2D eigenvalue weighted by Gasteiger charge is -2.26. The van der Waals surface area contributed by atoms with Crippen molar-refractivity contribution >= 4 is 22.3 Å². The Balaban J connectivity index is 1.75. The molecule has 0 aliphatic carbocycles. The molecule has 1 fully saturated rings. The van der Waals surface area contributed by atoms with E-state index in [0.29, 0.717) is 0 Å². The number of ketones is 1. The van der Waals surface area contributed by atoms with E-state index in [0.717, 1.165) is 62.1 Å². The van der Waals surface area contributed by atoms with Crippen molar-refractivity contribution < 1.29 is 9.53 Å². The number of Topliss-reactive ketones (excluding diaryl/α,β-unsaturated/α-hetero) is 1. The monoisotopic (exact) mass is 283 g/mol. The van der Waals surface area contributed by atoms with Gasteiger partial charge < -0.3 is 10.1 Å². The molecule has 1 aromatic rings. The summed E-state index contributed by atoms with van der Waals surface area (Å²) in [5, 5.41) is 4.24. The Morgan fingerprint density at radius 3 is 2.89 bits per heavy atom. The first-order valence-electron chi connectivity index (χ1n) is 6.69. The maximum atomic E-state index is 11.5. The van der Waals surface area contributed by atoms with Crippen LogP contribution in [0.3, 0.4) is 0 Å². The highest BCUT2D eigenvalue weighted by Crippen LogP contribution is 2.24. The zero-order chi connectivity index (χ0) is 13.7. The lowest BCUT2D eigenvalue weighted by molar-refractivity contribution is 0.0378. The highest BCUT2D eigenvalue weighted by Gasteiger charge is 2.14. The summed E-state index contributed by atoms with van der Waals surface area (Å²) in [5.74, 6) is 0.0851. The normalized spacial score (nSPS) is 16.5. The fourth-order valence-corrected chi connectivity index (χ4v) is 3.10. The molecule has 1 saturated heterocycles. The number of hydrogen-bond acceptors (Lipinski definition) is 6. The highest BCUT2D eigenvalue weighted by atomic mass is 32.1. The van der Waals surface area contributed by atoms with Gasteiger partial charge in [0.25, 0.3) is 0 Å². The largest absolute Gasteiger partial charge is 0.379 e. The van der Waals surface area contributed by atoms with Crippen molar-refractivity contribution in [2.75, 3.05) is 44.7 Å². The molecule has 0 radical (unpaired) electrons. The number of aryl methyl sites for hydroxylation is 1. The molecular weight excluding hydrogens is 262 g/mol. The number of carbonyl (C=O) groups excluding carboxylic acids is 1. The number of carbonyl (C=O) groups is 1. The number of ether oxygens (including phenoxy) is 1. The van der Waals surface area contributed by atoms with Crippen molar-refractivity contribution in [2.45, 2.75) is 20.3 Å². The van der Waals surface area contributed by atoms with Gasteiger partial charge in [-0.05, 0) is 38.3 Å². The number of anilines is 1. The number of aromatic nitrogens is 1. The van der Waals surface area contributed by atoms with Crippen LogP contribution in [0, 0.1) is 6.92 Å². The van der Waals surface area contributed by atoms with Crippen LogP contribution in [0.2, 0.25) is 0 Å². The van der Waals surface area contributed by atoms with Gasteiger partial charge in [0.1, 0.15) is 5.00 Å². The topological polar surface area (TPSA) is 54.5 Å². The molecule has 1 aromatic heterocycles. The second-order valence-electron chi connectivity index (χ2n) is 4.76. The molecule has 2 rings (SSSR count). The zero-order valence-corrected chi connectivity index (χ0v) is 12.4. The van der Waals surface area contributed by atoms with Crippen molar-refractivity contribution in [1.29, 1.82) is 0 Å². The van der Waals surface area contributed by atoms with Gasteiger partial charge in [-0.1, -0.05) is 0 Å². The Kier molecular flexibility index (Phi) is 5.30. The van der Waals surface area contributed by atoms with Crippen LogP contribution < -0.4 is 5.32 Å². The number of nitrogens with one attached hydrogen (secondary N) is 1. The van der Waals surface area contributed by atoms with Gasteiger partial charge in [-0.25, -0.2) is 0 Å². The first-order valence-corrected chi connectivity index (χ1v) is 7.47. The minimum atomic E-state index is 0.0851. The van der Waals surface area contributed by atoms with Crippen LogP contribution in [-0.4, -0.2) is 54.4 Å². The summed E-state index contributed by atoms with van der Waals surface area (Å²) >= 11 is 1.37.